The zero-order chi connectivity index (χ0) is 36.4. The predicted molar refractivity (Wildman–Crippen MR) is 180 cm³/mol. The van der Waals surface area contributed by atoms with Gasteiger partial charge in [-0.25, -0.2) is 31.5 Å². The normalized spacial score (nSPS) is 12.2. The van der Waals surface area contributed by atoms with Crippen molar-refractivity contribution in [3.63, 3.8) is 0 Å². The van der Waals surface area contributed by atoms with Crippen LogP contribution in [0.5, 0.6) is 0 Å². The third kappa shape index (κ3) is 8.35. The van der Waals surface area contributed by atoms with Crippen molar-refractivity contribution in [2.75, 3.05) is 10.0 Å². The Balaban J connectivity index is 1.47. The standard InChI is InChI=1S/C32H33BF2N6O7S/c1-17-12-27(42)41(31(46)40(17)5)26-11-6-18(16-36-26)13-25(28(33)43)38-29(44)21-14-23(35)24(15-22(21)34)39-49(47,48)20-9-7-19(8-10-20)37-30(45)32(2,3)4/h6-12,14-16,25,39H,13,33H2,1-5H3,(H,37,45)(H,38,44)/t25-/m0/s1. The SMILES string of the molecule is BC(=O)[C@H](Cc1ccc(-n2c(=O)cc(C)n(C)c2=O)nc1)NC(=O)c1cc(F)c(NS(=O)(=O)c2ccc(NC(=O)C(C)(C)C)cc2)cc1F. The highest BCUT2D eigenvalue weighted by Gasteiger charge is 2.25. The molecule has 0 aliphatic carbocycles. The molecule has 2 aromatic carbocycles. The first-order valence-electron chi connectivity index (χ1n) is 14.8. The van der Waals surface area contributed by atoms with Gasteiger partial charge < -0.3 is 20.0 Å². The van der Waals surface area contributed by atoms with Crippen LogP contribution in [0.2, 0.25) is 0 Å². The molecule has 0 saturated carbocycles. The van der Waals surface area contributed by atoms with Crippen molar-refractivity contribution in [1.29, 1.82) is 0 Å². The molecule has 2 amide bonds. The Morgan fingerprint density at radius 2 is 1.63 bits per heavy atom. The Morgan fingerprint density at radius 1 is 0.980 bits per heavy atom. The molecule has 0 spiro atoms. The molecule has 0 bridgehead atoms. The Morgan fingerprint density at radius 3 is 2.20 bits per heavy atom. The van der Waals surface area contributed by atoms with Crippen LogP contribution < -0.4 is 26.6 Å². The molecule has 17 heteroatoms. The average molecular weight is 695 g/mol. The summed E-state index contributed by atoms with van der Waals surface area (Å²) in [7, 11) is -1.73. The van der Waals surface area contributed by atoms with E-state index in [0.29, 0.717) is 29.1 Å². The molecule has 1 atom stereocenters. The summed E-state index contributed by atoms with van der Waals surface area (Å²) in [4.78, 5) is 66.4. The number of hydrogen-bond donors (Lipinski definition) is 3. The van der Waals surface area contributed by atoms with E-state index in [0.717, 1.165) is 4.57 Å². The van der Waals surface area contributed by atoms with E-state index in [1.165, 1.54) is 68.1 Å². The molecule has 256 valence electrons. The first kappa shape index (κ1) is 36.4. The summed E-state index contributed by atoms with van der Waals surface area (Å²) in [6.45, 7) is 6.73. The largest absolute Gasteiger partial charge is 0.343 e. The number of nitrogens with one attached hydrogen (secondary N) is 3. The molecule has 3 N–H and O–H groups in total. The number of pyridine rings is 1. The summed E-state index contributed by atoms with van der Waals surface area (Å²) < 4.78 is 60.0. The van der Waals surface area contributed by atoms with Gasteiger partial charge in [0.15, 0.2) is 7.85 Å². The fourth-order valence-corrected chi connectivity index (χ4v) is 5.48. The van der Waals surface area contributed by atoms with Crippen molar-refractivity contribution in [3.8, 4) is 5.82 Å². The predicted octanol–water partition coefficient (Wildman–Crippen LogP) is 1.80. The van der Waals surface area contributed by atoms with E-state index >= 15 is 8.78 Å². The van der Waals surface area contributed by atoms with Crippen molar-refractivity contribution in [3.05, 3.63) is 110 Å². The van der Waals surface area contributed by atoms with Crippen molar-refractivity contribution in [1.82, 2.24) is 19.4 Å². The highest BCUT2D eigenvalue weighted by molar-refractivity contribution is 7.92. The first-order chi connectivity index (χ1) is 22.8. The second-order valence-corrected chi connectivity index (χ2v) is 14.0. The number of aromatic nitrogens is 3. The molecular weight excluding hydrogens is 661 g/mol. The molecular formula is C32H33BF2N6O7S. The Bertz CT molecular complexity index is 2180. The highest BCUT2D eigenvalue weighted by Crippen LogP contribution is 2.25. The van der Waals surface area contributed by atoms with Crippen LogP contribution in [0, 0.1) is 24.0 Å². The molecule has 2 heterocycles. The fraction of sp³-hybridized carbons (Fsp3) is 0.250. The quantitative estimate of drug-likeness (QED) is 0.211. The van der Waals surface area contributed by atoms with Crippen LogP contribution >= 0.6 is 0 Å². The van der Waals surface area contributed by atoms with Gasteiger partial charge in [0, 0.05) is 48.6 Å². The molecule has 13 nitrogen and oxygen atoms in total. The zero-order valence-corrected chi connectivity index (χ0v) is 28.2. The minimum Gasteiger partial charge on any atom is -0.343 e. The maximum Gasteiger partial charge on any atom is 0.336 e. The third-order valence-electron chi connectivity index (χ3n) is 7.48. The van der Waals surface area contributed by atoms with Gasteiger partial charge in [-0.15, -0.1) is 0 Å². The van der Waals surface area contributed by atoms with Gasteiger partial charge in [0.25, 0.3) is 21.5 Å². The maximum atomic E-state index is 15.1. The second-order valence-electron chi connectivity index (χ2n) is 12.3. The lowest BCUT2D eigenvalue weighted by Gasteiger charge is -2.18. The molecule has 0 aliphatic heterocycles. The van der Waals surface area contributed by atoms with Gasteiger partial charge in [-0.05, 0) is 48.9 Å². The van der Waals surface area contributed by atoms with Crippen molar-refractivity contribution >= 4 is 46.7 Å². The van der Waals surface area contributed by atoms with E-state index in [9.17, 15) is 32.4 Å². The molecule has 0 radical (unpaired) electrons. The summed E-state index contributed by atoms with van der Waals surface area (Å²) in [6.07, 6.45) is 1.19. The topological polar surface area (TPSA) is 178 Å². The molecule has 4 aromatic rings. The van der Waals surface area contributed by atoms with E-state index in [1.807, 2.05) is 4.72 Å². The summed E-state index contributed by atoms with van der Waals surface area (Å²) >= 11 is 0. The lowest BCUT2D eigenvalue weighted by atomic mass is 9.90. The van der Waals surface area contributed by atoms with Crippen LogP contribution in [0.25, 0.3) is 5.82 Å². The van der Waals surface area contributed by atoms with E-state index in [2.05, 4.69) is 15.6 Å². The van der Waals surface area contributed by atoms with Gasteiger partial charge in [0.1, 0.15) is 23.1 Å². The van der Waals surface area contributed by atoms with Crippen LogP contribution in [0.3, 0.4) is 0 Å². The fourth-order valence-electron chi connectivity index (χ4n) is 4.42. The van der Waals surface area contributed by atoms with Crippen molar-refractivity contribution in [2.45, 2.75) is 45.1 Å². The summed E-state index contributed by atoms with van der Waals surface area (Å²) in [5.74, 6) is -3.93. The molecule has 2 aromatic heterocycles. The van der Waals surface area contributed by atoms with Crippen LogP contribution in [0.4, 0.5) is 20.2 Å². The molecule has 49 heavy (non-hydrogen) atoms. The number of carbonyl (C=O) groups is 3. The number of benzene rings is 2. The minimum absolute atomic E-state index is 0.0348. The number of anilines is 2. The minimum atomic E-state index is -4.41. The van der Waals surface area contributed by atoms with Gasteiger partial charge in [0.2, 0.25) is 5.91 Å². The van der Waals surface area contributed by atoms with E-state index in [4.69, 9.17) is 0 Å². The van der Waals surface area contributed by atoms with Crippen molar-refractivity contribution < 1.29 is 31.6 Å². The smallest absolute Gasteiger partial charge is 0.336 e. The Hall–Kier alpha value is -5.45. The van der Waals surface area contributed by atoms with Gasteiger partial charge in [-0.2, -0.15) is 0 Å². The lowest BCUT2D eigenvalue weighted by Crippen LogP contribution is -2.43. The average Bonchev–Trinajstić information content (AvgIpc) is 3.01. The number of nitrogens with zero attached hydrogens (tertiary/aromatic N) is 3. The number of sulfonamides is 1. The zero-order valence-electron chi connectivity index (χ0n) is 27.4. The number of carbonyl (C=O) groups excluding carboxylic acids is 3. The molecule has 0 aliphatic rings. The molecule has 4 rings (SSSR count). The molecule has 0 fully saturated rings. The van der Waals surface area contributed by atoms with E-state index in [-0.39, 0.29) is 23.0 Å². The molecule has 0 unspecified atom stereocenters. The number of amides is 2. The summed E-state index contributed by atoms with van der Waals surface area (Å²) in [5.41, 5.74) is -2.74. The summed E-state index contributed by atoms with van der Waals surface area (Å²) in [6, 6.07) is 8.98. The number of rotatable bonds is 10. The van der Waals surface area contributed by atoms with Crippen LogP contribution in [-0.2, 0) is 33.1 Å². The van der Waals surface area contributed by atoms with E-state index in [1.54, 1.807) is 27.7 Å². The Kier molecular flexibility index (Phi) is 10.4. The van der Waals surface area contributed by atoms with Crippen LogP contribution in [0.1, 0.15) is 42.4 Å². The van der Waals surface area contributed by atoms with Gasteiger partial charge in [-0.1, -0.05) is 26.8 Å². The first-order valence-corrected chi connectivity index (χ1v) is 16.3. The monoisotopic (exact) mass is 694 g/mol. The second kappa shape index (κ2) is 14.0. The number of halogens is 2. The maximum absolute atomic E-state index is 15.1. The summed E-state index contributed by atoms with van der Waals surface area (Å²) in [5, 5.41) is 4.99. The third-order valence-corrected chi connectivity index (χ3v) is 8.86. The Labute approximate surface area is 280 Å². The highest BCUT2D eigenvalue weighted by atomic mass is 32.2. The van der Waals surface area contributed by atoms with Gasteiger partial charge in [-0.3, -0.25) is 19.1 Å². The van der Waals surface area contributed by atoms with Crippen LogP contribution in [-0.4, -0.2) is 53.9 Å². The number of hydrogen-bond acceptors (Lipinski definition) is 8. The van der Waals surface area contributed by atoms with Crippen molar-refractivity contribution in [2.24, 2.45) is 12.5 Å². The molecule has 0 saturated heterocycles. The lowest BCUT2D eigenvalue weighted by molar-refractivity contribution is -0.123. The van der Waals surface area contributed by atoms with Gasteiger partial charge >= 0.3 is 5.69 Å². The van der Waals surface area contributed by atoms with E-state index < -0.39 is 67.2 Å². The number of aryl methyl sites for hydroxylation is 1. The van der Waals surface area contributed by atoms with Crippen LogP contribution in [0.15, 0.2) is 75.3 Å². The van der Waals surface area contributed by atoms with Gasteiger partial charge in [0.05, 0.1) is 22.2 Å².